The van der Waals surface area contributed by atoms with Crippen molar-refractivity contribution < 1.29 is 8.42 Å². The van der Waals surface area contributed by atoms with Gasteiger partial charge in [-0.3, -0.25) is 5.10 Å². The molecule has 126 valence electrons. The number of nitrogens with one attached hydrogen (secondary N) is 2. The third-order valence-corrected chi connectivity index (χ3v) is 7.58. The van der Waals surface area contributed by atoms with Gasteiger partial charge in [0.2, 0.25) is 10.0 Å². The Morgan fingerprint density at radius 3 is 2.96 bits per heavy atom. The summed E-state index contributed by atoms with van der Waals surface area (Å²) in [5.41, 5.74) is 2.70. The number of hydrogen-bond acceptors (Lipinski definition) is 4. The Bertz CT molecular complexity index is 1020. The van der Waals surface area contributed by atoms with Gasteiger partial charge in [-0.2, -0.15) is 5.10 Å². The molecular weight excluding hydrogens is 326 g/mol. The van der Waals surface area contributed by atoms with Crippen molar-refractivity contribution in [3.63, 3.8) is 0 Å². The molecule has 2 N–H and O–H groups in total. The summed E-state index contributed by atoms with van der Waals surface area (Å²) in [6, 6.07) is 2.01. The second-order valence-electron chi connectivity index (χ2n) is 6.84. The zero-order valence-electron chi connectivity index (χ0n) is 13.2. The minimum atomic E-state index is -3.12. The normalized spacial score (nSPS) is 23.2. The molecule has 1 aliphatic carbocycles. The first kappa shape index (κ1) is 14.4. The van der Waals surface area contributed by atoms with E-state index in [2.05, 4.69) is 20.2 Å². The van der Waals surface area contributed by atoms with E-state index in [4.69, 9.17) is 0 Å². The van der Waals surface area contributed by atoms with Crippen molar-refractivity contribution in [1.29, 1.82) is 0 Å². The maximum absolute atomic E-state index is 12.6. The summed E-state index contributed by atoms with van der Waals surface area (Å²) in [5, 5.41) is 9.55. The van der Waals surface area contributed by atoms with Crippen molar-refractivity contribution in [3.8, 4) is 0 Å². The first-order chi connectivity index (χ1) is 11.6. The van der Waals surface area contributed by atoms with Crippen molar-refractivity contribution >= 4 is 32.0 Å². The monoisotopic (exact) mass is 345 g/mol. The number of aromatic amines is 2. The van der Waals surface area contributed by atoms with E-state index in [0.29, 0.717) is 13.1 Å². The van der Waals surface area contributed by atoms with Crippen LogP contribution in [0.15, 0.2) is 18.5 Å². The number of H-pyrrole nitrogens is 2. The van der Waals surface area contributed by atoms with Crippen molar-refractivity contribution in [2.75, 3.05) is 13.1 Å². The molecule has 3 aromatic heterocycles. The van der Waals surface area contributed by atoms with E-state index < -0.39 is 10.0 Å². The van der Waals surface area contributed by atoms with Gasteiger partial charge in [0, 0.05) is 36.0 Å². The van der Waals surface area contributed by atoms with Gasteiger partial charge in [-0.15, -0.1) is 0 Å². The first-order valence-electron chi connectivity index (χ1n) is 8.43. The molecule has 0 radical (unpaired) electrons. The molecule has 4 heterocycles. The summed E-state index contributed by atoms with van der Waals surface area (Å²) in [7, 11) is -3.12. The molecule has 7 nitrogen and oxygen atoms in total. The Kier molecular flexibility index (Phi) is 3.02. The largest absolute Gasteiger partial charge is 0.346 e. The molecule has 2 fully saturated rings. The Balaban J connectivity index is 1.56. The van der Waals surface area contributed by atoms with Crippen LogP contribution in [-0.2, 0) is 10.0 Å². The number of aromatic nitrogens is 4. The number of piperidine rings is 1. The van der Waals surface area contributed by atoms with Crippen molar-refractivity contribution in [2.24, 2.45) is 0 Å². The van der Waals surface area contributed by atoms with Crippen molar-refractivity contribution in [3.05, 3.63) is 24.2 Å². The average Bonchev–Trinajstić information content (AvgIpc) is 3.20. The fraction of sp³-hybridized carbons (Fsp3) is 0.500. The van der Waals surface area contributed by atoms with Gasteiger partial charge in [-0.1, -0.05) is 0 Å². The van der Waals surface area contributed by atoms with Crippen LogP contribution in [0.2, 0.25) is 0 Å². The standard InChI is InChI=1S/C16H19N5O2S/c22-24(23,11-3-4-11)21-7-1-2-10(9-21)15-14-12-5-6-17-16(12)18-8-13(14)19-20-15/h5-6,8,10-11H,1-4,7,9H2,(H,17,18)(H,19,20). The molecular formula is C16H19N5O2S. The number of sulfonamides is 1. The predicted octanol–water partition coefficient (Wildman–Crippen LogP) is 2.11. The second-order valence-corrected chi connectivity index (χ2v) is 9.05. The Labute approximate surface area is 139 Å². The van der Waals surface area contributed by atoms with Crippen LogP contribution in [0.5, 0.6) is 0 Å². The highest BCUT2D eigenvalue weighted by Gasteiger charge is 2.42. The van der Waals surface area contributed by atoms with Gasteiger partial charge in [0.15, 0.2) is 0 Å². The lowest BCUT2D eigenvalue weighted by Gasteiger charge is -2.31. The van der Waals surface area contributed by atoms with E-state index in [1.165, 1.54) is 0 Å². The quantitative estimate of drug-likeness (QED) is 0.760. The highest BCUT2D eigenvalue weighted by molar-refractivity contribution is 7.90. The number of nitrogens with zero attached hydrogens (tertiary/aromatic N) is 3. The Morgan fingerprint density at radius 1 is 1.25 bits per heavy atom. The van der Waals surface area contributed by atoms with Gasteiger partial charge in [0.05, 0.1) is 22.7 Å². The van der Waals surface area contributed by atoms with Crippen LogP contribution in [0.3, 0.4) is 0 Å². The molecule has 1 saturated carbocycles. The maximum atomic E-state index is 12.6. The van der Waals surface area contributed by atoms with Crippen molar-refractivity contribution in [1.82, 2.24) is 24.5 Å². The molecule has 3 aromatic rings. The van der Waals surface area contributed by atoms with Crippen LogP contribution in [0, 0.1) is 0 Å². The third kappa shape index (κ3) is 2.09. The van der Waals surface area contributed by atoms with Gasteiger partial charge in [0.1, 0.15) is 5.65 Å². The van der Waals surface area contributed by atoms with Crippen LogP contribution < -0.4 is 0 Å². The van der Waals surface area contributed by atoms with E-state index in [1.54, 1.807) is 10.5 Å². The van der Waals surface area contributed by atoms with E-state index >= 15 is 0 Å². The number of rotatable bonds is 3. The van der Waals surface area contributed by atoms with Crippen LogP contribution >= 0.6 is 0 Å². The summed E-state index contributed by atoms with van der Waals surface area (Å²) in [4.78, 5) is 7.51. The molecule has 5 rings (SSSR count). The van der Waals surface area contributed by atoms with E-state index in [1.807, 2.05) is 12.3 Å². The SMILES string of the molecule is O=S(=O)(C1CC1)N1CCCC(c2n[nH]c3cnc4[nH]ccc4c23)C1. The van der Waals surface area contributed by atoms with Crippen LogP contribution in [-0.4, -0.2) is 51.2 Å². The van der Waals surface area contributed by atoms with Gasteiger partial charge in [0.25, 0.3) is 0 Å². The fourth-order valence-corrected chi connectivity index (χ4v) is 5.74. The summed E-state index contributed by atoms with van der Waals surface area (Å²) in [5.74, 6) is 0.126. The molecule has 0 amide bonds. The topological polar surface area (TPSA) is 94.7 Å². The predicted molar refractivity (Wildman–Crippen MR) is 91.2 cm³/mol. The molecule has 1 atom stereocenters. The molecule has 8 heteroatoms. The zero-order chi connectivity index (χ0) is 16.3. The molecule has 1 unspecified atom stereocenters. The van der Waals surface area contributed by atoms with Gasteiger partial charge in [-0.05, 0) is 31.7 Å². The lowest BCUT2D eigenvalue weighted by atomic mass is 9.93. The Hall–Kier alpha value is -1.93. The molecule has 1 aliphatic heterocycles. The molecule has 24 heavy (non-hydrogen) atoms. The van der Waals surface area contributed by atoms with Gasteiger partial charge >= 0.3 is 0 Å². The zero-order valence-corrected chi connectivity index (χ0v) is 14.0. The minimum absolute atomic E-state index is 0.126. The third-order valence-electron chi connectivity index (χ3n) is 5.22. The molecule has 0 spiro atoms. The summed E-state index contributed by atoms with van der Waals surface area (Å²) in [6.07, 6.45) is 7.12. The first-order valence-corrected chi connectivity index (χ1v) is 9.94. The maximum Gasteiger partial charge on any atom is 0.217 e. The summed E-state index contributed by atoms with van der Waals surface area (Å²) in [6.45, 7) is 1.17. The lowest BCUT2D eigenvalue weighted by molar-refractivity contribution is 0.313. The van der Waals surface area contributed by atoms with Crippen LogP contribution in [0.1, 0.15) is 37.3 Å². The average molecular weight is 345 g/mol. The van der Waals surface area contributed by atoms with E-state index in [9.17, 15) is 8.42 Å². The smallest absolute Gasteiger partial charge is 0.217 e. The van der Waals surface area contributed by atoms with Crippen LogP contribution in [0.25, 0.3) is 21.9 Å². The van der Waals surface area contributed by atoms with Gasteiger partial charge in [-0.25, -0.2) is 17.7 Å². The van der Waals surface area contributed by atoms with Gasteiger partial charge < -0.3 is 4.98 Å². The van der Waals surface area contributed by atoms with E-state index in [-0.39, 0.29) is 11.2 Å². The molecule has 2 aliphatic rings. The number of pyridine rings is 1. The highest BCUT2D eigenvalue weighted by atomic mass is 32.2. The fourth-order valence-electron chi connectivity index (χ4n) is 3.81. The van der Waals surface area contributed by atoms with E-state index in [0.717, 1.165) is 53.3 Å². The van der Waals surface area contributed by atoms with Crippen LogP contribution in [0.4, 0.5) is 0 Å². The van der Waals surface area contributed by atoms with Crippen molar-refractivity contribution in [2.45, 2.75) is 36.9 Å². The summed E-state index contributed by atoms with van der Waals surface area (Å²) >= 11 is 0. The molecule has 0 aromatic carbocycles. The number of fused-ring (bicyclic) bond motifs is 3. The second kappa shape index (κ2) is 5.03. The highest BCUT2D eigenvalue weighted by Crippen LogP contribution is 2.37. The summed E-state index contributed by atoms with van der Waals surface area (Å²) < 4.78 is 26.9. The lowest BCUT2D eigenvalue weighted by Crippen LogP contribution is -2.40. The Morgan fingerprint density at radius 2 is 2.12 bits per heavy atom. The molecule has 0 bridgehead atoms. The molecule has 1 saturated heterocycles. The number of hydrogen-bond donors (Lipinski definition) is 2. The minimum Gasteiger partial charge on any atom is -0.346 e.